The molecule has 0 fully saturated rings. The molecule has 3 aromatic rings. The van der Waals surface area contributed by atoms with Crippen LogP contribution in [0.3, 0.4) is 0 Å². The van der Waals surface area contributed by atoms with E-state index in [-0.39, 0.29) is 15.6 Å². The summed E-state index contributed by atoms with van der Waals surface area (Å²) in [5.74, 6) is -1.09. The van der Waals surface area contributed by atoms with Crippen LogP contribution >= 0.6 is 23.2 Å². The standard InChI is InChI=1S/C17H13Cl2FN2O/c18-13-8-14(19)15(20)7-12(13)17(23)21-6-5-10-9-22-16-4-2-1-3-11(10)16/h1-4,7-9,22H,5-6H2,(H,21,23). The number of para-hydroxylation sites is 1. The van der Waals surface area contributed by atoms with Gasteiger partial charge in [-0.25, -0.2) is 4.39 Å². The second kappa shape index (κ2) is 6.60. The van der Waals surface area contributed by atoms with Gasteiger partial charge in [0.1, 0.15) is 5.82 Å². The largest absolute Gasteiger partial charge is 0.361 e. The van der Waals surface area contributed by atoms with Gasteiger partial charge in [0.15, 0.2) is 0 Å². The number of amides is 1. The lowest BCUT2D eigenvalue weighted by molar-refractivity contribution is 0.0954. The number of aromatic nitrogens is 1. The number of hydrogen-bond acceptors (Lipinski definition) is 1. The maximum Gasteiger partial charge on any atom is 0.252 e. The van der Waals surface area contributed by atoms with Gasteiger partial charge in [0.25, 0.3) is 5.91 Å². The van der Waals surface area contributed by atoms with Crippen LogP contribution in [0.15, 0.2) is 42.6 Å². The number of carbonyl (C=O) groups excluding carboxylic acids is 1. The molecule has 6 heteroatoms. The lowest BCUT2D eigenvalue weighted by Gasteiger charge is -2.07. The van der Waals surface area contributed by atoms with Gasteiger partial charge in [0.05, 0.1) is 15.6 Å². The number of fused-ring (bicyclic) bond motifs is 1. The molecule has 23 heavy (non-hydrogen) atoms. The van der Waals surface area contributed by atoms with Crippen LogP contribution < -0.4 is 5.32 Å². The van der Waals surface area contributed by atoms with Crippen molar-refractivity contribution in [2.24, 2.45) is 0 Å². The minimum atomic E-state index is -0.669. The molecule has 2 N–H and O–H groups in total. The molecule has 0 atom stereocenters. The van der Waals surface area contributed by atoms with Gasteiger partial charge in [-0.05, 0) is 30.2 Å². The van der Waals surface area contributed by atoms with E-state index in [0.717, 1.165) is 22.5 Å². The van der Waals surface area contributed by atoms with Crippen LogP contribution in [0.25, 0.3) is 10.9 Å². The predicted octanol–water partition coefficient (Wildman–Crippen LogP) is 4.59. The Bertz CT molecular complexity index is 876. The average molecular weight is 351 g/mol. The van der Waals surface area contributed by atoms with E-state index in [2.05, 4.69) is 10.3 Å². The van der Waals surface area contributed by atoms with Gasteiger partial charge < -0.3 is 10.3 Å². The van der Waals surface area contributed by atoms with Gasteiger partial charge in [-0.3, -0.25) is 4.79 Å². The molecule has 0 bridgehead atoms. The topological polar surface area (TPSA) is 44.9 Å². The Kier molecular flexibility index (Phi) is 4.55. The number of carbonyl (C=O) groups is 1. The fraction of sp³-hybridized carbons (Fsp3) is 0.118. The lowest BCUT2D eigenvalue weighted by atomic mass is 10.1. The first-order valence-electron chi connectivity index (χ1n) is 7.04. The zero-order valence-corrected chi connectivity index (χ0v) is 13.5. The number of halogens is 3. The number of rotatable bonds is 4. The Morgan fingerprint density at radius 2 is 1.96 bits per heavy atom. The highest BCUT2D eigenvalue weighted by molar-refractivity contribution is 6.36. The number of benzene rings is 2. The van der Waals surface area contributed by atoms with E-state index in [1.165, 1.54) is 6.07 Å². The number of hydrogen-bond donors (Lipinski definition) is 2. The quantitative estimate of drug-likeness (QED) is 0.664. The third kappa shape index (κ3) is 3.33. The van der Waals surface area contributed by atoms with Crippen molar-refractivity contribution < 1.29 is 9.18 Å². The van der Waals surface area contributed by atoms with Crippen molar-refractivity contribution in [2.75, 3.05) is 6.54 Å². The van der Waals surface area contributed by atoms with Crippen LogP contribution in [-0.2, 0) is 6.42 Å². The van der Waals surface area contributed by atoms with E-state index in [0.29, 0.717) is 13.0 Å². The highest BCUT2D eigenvalue weighted by atomic mass is 35.5. The lowest BCUT2D eigenvalue weighted by Crippen LogP contribution is -2.26. The number of aromatic amines is 1. The van der Waals surface area contributed by atoms with Gasteiger partial charge in [-0.15, -0.1) is 0 Å². The molecule has 0 aliphatic rings. The first-order chi connectivity index (χ1) is 11.1. The van der Waals surface area contributed by atoms with Gasteiger partial charge in [0.2, 0.25) is 0 Å². The molecule has 118 valence electrons. The van der Waals surface area contributed by atoms with Gasteiger partial charge in [-0.1, -0.05) is 41.4 Å². The Hall–Kier alpha value is -2.04. The third-order valence-corrected chi connectivity index (χ3v) is 4.21. The molecule has 3 rings (SSSR count). The molecule has 0 saturated heterocycles. The Labute approximate surface area is 142 Å². The van der Waals surface area contributed by atoms with Crippen molar-refractivity contribution in [3.05, 3.63) is 69.6 Å². The molecular formula is C17H13Cl2FN2O. The maximum atomic E-state index is 13.5. The first kappa shape index (κ1) is 15.8. The summed E-state index contributed by atoms with van der Waals surface area (Å²) in [6.45, 7) is 0.418. The van der Waals surface area contributed by atoms with Crippen LogP contribution in [0.5, 0.6) is 0 Å². The normalized spacial score (nSPS) is 10.9. The summed E-state index contributed by atoms with van der Waals surface area (Å²) >= 11 is 11.6. The molecule has 0 spiro atoms. The van der Waals surface area contributed by atoms with Gasteiger partial charge in [0, 0.05) is 23.6 Å². The van der Waals surface area contributed by atoms with Gasteiger partial charge in [-0.2, -0.15) is 0 Å². The molecule has 0 unspecified atom stereocenters. The van der Waals surface area contributed by atoms with Crippen molar-refractivity contribution in [3.8, 4) is 0 Å². The number of H-pyrrole nitrogens is 1. The second-order valence-corrected chi connectivity index (χ2v) is 5.93. The average Bonchev–Trinajstić information content (AvgIpc) is 2.94. The molecular weight excluding hydrogens is 338 g/mol. The SMILES string of the molecule is O=C(NCCc1c[nH]c2ccccc12)c1cc(F)c(Cl)cc1Cl. The third-order valence-electron chi connectivity index (χ3n) is 3.61. The molecule has 0 aliphatic heterocycles. The van der Waals surface area contributed by atoms with Gasteiger partial charge >= 0.3 is 0 Å². The van der Waals surface area contributed by atoms with Crippen molar-refractivity contribution in [2.45, 2.75) is 6.42 Å². The molecule has 3 nitrogen and oxygen atoms in total. The van der Waals surface area contributed by atoms with Crippen molar-refractivity contribution >= 4 is 40.0 Å². The van der Waals surface area contributed by atoms with Crippen LogP contribution in [0.4, 0.5) is 4.39 Å². The van der Waals surface area contributed by atoms with Crippen molar-refractivity contribution in [1.82, 2.24) is 10.3 Å². The monoisotopic (exact) mass is 350 g/mol. The van der Waals surface area contributed by atoms with E-state index in [1.54, 1.807) is 0 Å². The Balaban J connectivity index is 1.67. The predicted molar refractivity (Wildman–Crippen MR) is 90.8 cm³/mol. The van der Waals surface area contributed by atoms with Crippen molar-refractivity contribution in [3.63, 3.8) is 0 Å². The van der Waals surface area contributed by atoms with Crippen LogP contribution in [0.1, 0.15) is 15.9 Å². The fourth-order valence-corrected chi connectivity index (χ4v) is 2.91. The highest BCUT2D eigenvalue weighted by Crippen LogP contribution is 2.24. The van der Waals surface area contributed by atoms with Crippen LogP contribution in [0, 0.1) is 5.82 Å². The Morgan fingerprint density at radius 3 is 2.78 bits per heavy atom. The zero-order chi connectivity index (χ0) is 16.4. The Morgan fingerprint density at radius 1 is 1.17 bits per heavy atom. The molecule has 0 aliphatic carbocycles. The van der Waals surface area contributed by atoms with E-state index >= 15 is 0 Å². The van der Waals surface area contributed by atoms with Crippen LogP contribution in [0.2, 0.25) is 10.0 Å². The molecule has 1 amide bonds. The molecule has 1 aromatic heterocycles. The summed E-state index contributed by atoms with van der Waals surface area (Å²) in [5.41, 5.74) is 2.23. The fourth-order valence-electron chi connectivity index (χ4n) is 2.44. The second-order valence-electron chi connectivity index (χ2n) is 5.11. The number of nitrogens with one attached hydrogen (secondary N) is 2. The summed E-state index contributed by atoms with van der Waals surface area (Å²) in [7, 11) is 0. The molecule has 1 heterocycles. The van der Waals surface area contributed by atoms with E-state index in [9.17, 15) is 9.18 Å². The maximum absolute atomic E-state index is 13.5. The summed E-state index contributed by atoms with van der Waals surface area (Å²) in [4.78, 5) is 15.3. The van der Waals surface area contributed by atoms with Crippen molar-refractivity contribution in [1.29, 1.82) is 0 Å². The molecule has 0 radical (unpaired) electrons. The highest BCUT2D eigenvalue weighted by Gasteiger charge is 2.14. The zero-order valence-electron chi connectivity index (χ0n) is 12.0. The summed E-state index contributed by atoms with van der Waals surface area (Å²) in [6.07, 6.45) is 2.58. The van der Waals surface area contributed by atoms with E-state index in [1.807, 2.05) is 30.5 Å². The first-order valence-corrected chi connectivity index (χ1v) is 7.79. The minimum Gasteiger partial charge on any atom is -0.361 e. The minimum absolute atomic E-state index is 0.0764. The smallest absolute Gasteiger partial charge is 0.252 e. The van der Waals surface area contributed by atoms with Crippen LogP contribution in [-0.4, -0.2) is 17.4 Å². The van der Waals surface area contributed by atoms with E-state index in [4.69, 9.17) is 23.2 Å². The molecule has 2 aromatic carbocycles. The summed E-state index contributed by atoms with van der Waals surface area (Å²) in [6, 6.07) is 10.2. The summed E-state index contributed by atoms with van der Waals surface area (Å²) < 4.78 is 13.5. The summed E-state index contributed by atoms with van der Waals surface area (Å²) in [5, 5.41) is 3.88. The molecule has 0 saturated carbocycles. The van der Waals surface area contributed by atoms with E-state index < -0.39 is 11.7 Å².